The van der Waals surface area contributed by atoms with Crippen molar-refractivity contribution in [3.8, 4) is 11.8 Å². The van der Waals surface area contributed by atoms with Crippen LogP contribution in [0, 0.1) is 17.4 Å². The van der Waals surface area contributed by atoms with E-state index in [9.17, 15) is 0 Å². The Kier molecular flexibility index (Phi) is 3.32. The molecule has 0 aliphatic carbocycles. The number of ether oxygens (including phenoxy) is 1. The molecule has 1 rings (SSSR count). The van der Waals surface area contributed by atoms with Crippen LogP contribution in [0.5, 0.6) is 5.75 Å². The van der Waals surface area contributed by atoms with Crippen molar-refractivity contribution in [1.29, 1.82) is 5.26 Å². The molecule has 67 valence electrons. The third-order valence-corrected chi connectivity index (χ3v) is 2.01. The summed E-state index contributed by atoms with van der Waals surface area (Å²) < 4.78 is 6.09. The number of benzene rings is 1. The first-order chi connectivity index (χ1) is 6.15. The van der Waals surface area contributed by atoms with E-state index in [0.29, 0.717) is 15.8 Å². The summed E-state index contributed by atoms with van der Waals surface area (Å²) in [6.45, 7) is 3.84. The molecule has 0 saturated carbocycles. The maximum Gasteiger partial charge on any atom is 0.138 e. The van der Waals surface area contributed by atoms with Crippen LogP contribution in [-0.2, 0) is 0 Å². The van der Waals surface area contributed by atoms with Gasteiger partial charge in [0.05, 0.1) is 6.10 Å². The number of nitriles is 1. The summed E-state index contributed by atoms with van der Waals surface area (Å²) in [6, 6.07) is 8.41. The molecule has 0 unspecified atom stereocenters. The van der Waals surface area contributed by atoms with Crippen LogP contribution >= 0.6 is 15.9 Å². The first-order valence-corrected chi connectivity index (χ1v) is 4.71. The normalized spacial score (nSPS) is 9.77. The lowest BCUT2D eigenvalue weighted by molar-refractivity contribution is 0.241. The third kappa shape index (κ3) is 2.46. The van der Waals surface area contributed by atoms with Crippen LogP contribution in [0.2, 0.25) is 0 Å². The quantitative estimate of drug-likeness (QED) is 0.794. The summed E-state index contributed by atoms with van der Waals surface area (Å²) >= 11 is 3.24. The van der Waals surface area contributed by atoms with Gasteiger partial charge in [0.1, 0.15) is 17.4 Å². The fourth-order valence-electron chi connectivity index (χ4n) is 0.911. The molecule has 3 heteroatoms. The number of hydrogen-bond donors (Lipinski definition) is 0. The van der Waals surface area contributed by atoms with Crippen molar-refractivity contribution in [3.63, 3.8) is 0 Å². The lowest BCUT2D eigenvalue weighted by Gasteiger charge is -2.11. The van der Waals surface area contributed by atoms with Crippen LogP contribution in [0.1, 0.15) is 19.4 Å². The van der Waals surface area contributed by atoms with Crippen molar-refractivity contribution in [2.75, 3.05) is 0 Å². The van der Waals surface area contributed by atoms with Gasteiger partial charge < -0.3 is 4.74 Å². The minimum Gasteiger partial charge on any atom is -0.490 e. The Balaban J connectivity index is 3.07. The summed E-state index contributed by atoms with van der Waals surface area (Å²) in [4.78, 5) is 0. The van der Waals surface area contributed by atoms with Crippen molar-refractivity contribution in [3.05, 3.63) is 28.2 Å². The van der Waals surface area contributed by atoms with E-state index in [-0.39, 0.29) is 6.10 Å². The van der Waals surface area contributed by atoms with E-state index >= 15 is 0 Å². The molecule has 2 nitrogen and oxygen atoms in total. The topological polar surface area (TPSA) is 33.0 Å². The van der Waals surface area contributed by atoms with Gasteiger partial charge in [-0.1, -0.05) is 0 Å². The van der Waals surface area contributed by atoms with Crippen LogP contribution < -0.4 is 4.74 Å². The lowest BCUT2D eigenvalue weighted by atomic mass is 10.2. The Hall–Kier alpha value is -1.01. The van der Waals surface area contributed by atoms with Gasteiger partial charge in [-0.3, -0.25) is 0 Å². The molecular formula is C10H9BrNO. The molecular weight excluding hydrogens is 230 g/mol. The lowest BCUT2D eigenvalue weighted by Crippen LogP contribution is -2.06. The van der Waals surface area contributed by atoms with Crippen LogP contribution in [0.15, 0.2) is 16.6 Å². The smallest absolute Gasteiger partial charge is 0.138 e. The van der Waals surface area contributed by atoms with Gasteiger partial charge in [-0.05, 0) is 48.0 Å². The highest BCUT2D eigenvalue weighted by atomic mass is 79.9. The van der Waals surface area contributed by atoms with E-state index in [1.807, 2.05) is 13.8 Å². The highest BCUT2D eigenvalue weighted by Crippen LogP contribution is 2.25. The monoisotopic (exact) mass is 238 g/mol. The van der Waals surface area contributed by atoms with E-state index in [4.69, 9.17) is 10.00 Å². The minimum absolute atomic E-state index is 0.0707. The average molecular weight is 239 g/mol. The summed E-state index contributed by atoms with van der Waals surface area (Å²) in [7, 11) is 0. The zero-order chi connectivity index (χ0) is 9.84. The Morgan fingerprint density at radius 3 is 2.85 bits per heavy atom. The zero-order valence-corrected chi connectivity index (χ0v) is 9.05. The van der Waals surface area contributed by atoms with E-state index < -0.39 is 0 Å². The van der Waals surface area contributed by atoms with E-state index in [1.165, 1.54) is 0 Å². The SMILES string of the molecule is CC(C)Oc1cc[c]c(Br)c1C#N. The minimum atomic E-state index is 0.0707. The Morgan fingerprint density at radius 1 is 1.62 bits per heavy atom. The largest absolute Gasteiger partial charge is 0.490 e. The Morgan fingerprint density at radius 2 is 2.31 bits per heavy atom. The highest BCUT2D eigenvalue weighted by molar-refractivity contribution is 9.10. The average Bonchev–Trinajstić information content (AvgIpc) is 2.03. The molecule has 1 radical (unpaired) electrons. The van der Waals surface area contributed by atoms with Crippen molar-refractivity contribution >= 4 is 15.9 Å². The molecule has 0 bridgehead atoms. The number of nitrogens with zero attached hydrogens (tertiary/aromatic N) is 1. The maximum atomic E-state index is 8.83. The first kappa shape index (κ1) is 10.1. The van der Waals surface area contributed by atoms with Crippen molar-refractivity contribution in [2.24, 2.45) is 0 Å². The molecule has 0 aromatic heterocycles. The molecule has 0 fully saturated rings. The molecule has 0 heterocycles. The fraction of sp³-hybridized carbons (Fsp3) is 0.300. The van der Waals surface area contributed by atoms with Crippen LogP contribution in [0.3, 0.4) is 0 Å². The number of hydrogen-bond acceptors (Lipinski definition) is 2. The van der Waals surface area contributed by atoms with Crippen LogP contribution in [-0.4, -0.2) is 6.10 Å². The molecule has 0 amide bonds. The van der Waals surface area contributed by atoms with E-state index in [0.717, 1.165) is 0 Å². The molecule has 0 spiro atoms. The summed E-state index contributed by atoms with van der Waals surface area (Å²) in [6.07, 6.45) is 0.0707. The van der Waals surface area contributed by atoms with Gasteiger partial charge >= 0.3 is 0 Å². The van der Waals surface area contributed by atoms with Crippen LogP contribution in [0.25, 0.3) is 0 Å². The van der Waals surface area contributed by atoms with Crippen LogP contribution in [0.4, 0.5) is 0 Å². The molecule has 0 saturated heterocycles. The van der Waals surface area contributed by atoms with Crippen molar-refractivity contribution in [1.82, 2.24) is 0 Å². The van der Waals surface area contributed by atoms with Gasteiger partial charge in [0, 0.05) is 4.47 Å². The molecule has 1 aromatic rings. The number of halogens is 1. The van der Waals surface area contributed by atoms with Gasteiger partial charge in [0.2, 0.25) is 0 Å². The molecule has 0 aliphatic heterocycles. The molecule has 0 aliphatic rings. The summed E-state index contributed by atoms with van der Waals surface area (Å²) in [5.41, 5.74) is 0.496. The second kappa shape index (κ2) is 4.29. The van der Waals surface area contributed by atoms with E-state index in [1.54, 1.807) is 12.1 Å². The molecule has 13 heavy (non-hydrogen) atoms. The van der Waals surface area contributed by atoms with E-state index in [2.05, 4.69) is 28.1 Å². The van der Waals surface area contributed by atoms with Crippen molar-refractivity contribution in [2.45, 2.75) is 20.0 Å². The van der Waals surface area contributed by atoms with Gasteiger partial charge in [0.15, 0.2) is 0 Å². The highest BCUT2D eigenvalue weighted by Gasteiger charge is 2.07. The predicted molar refractivity (Wildman–Crippen MR) is 53.5 cm³/mol. The molecule has 0 N–H and O–H groups in total. The Bertz CT molecular complexity index is 341. The standard InChI is InChI=1S/C10H9BrNO/c1-7(2)13-10-5-3-4-9(11)8(10)6-12/h3,5,7H,1-2H3. The molecule has 0 atom stereocenters. The van der Waals surface area contributed by atoms with Gasteiger partial charge in [-0.15, -0.1) is 0 Å². The number of rotatable bonds is 2. The fourth-order valence-corrected chi connectivity index (χ4v) is 1.33. The van der Waals surface area contributed by atoms with Gasteiger partial charge in [-0.2, -0.15) is 5.26 Å². The van der Waals surface area contributed by atoms with Gasteiger partial charge in [0.25, 0.3) is 0 Å². The third-order valence-electron chi connectivity index (χ3n) is 1.39. The second-order valence-corrected chi connectivity index (χ2v) is 3.60. The second-order valence-electron chi connectivity index (χ2n) is 2.81. The summed E-state index contributed by atoms with van der Waals surface area (Å²) in [5, 5.41) is 8.83. The summed E-state index contributed by atoms with van der Waals surface area (Å²) in [5.74, 6) is 0.600. The predicted octanol–water partition coefficient (Wildman–Crippen LogP) is 2.91. The first-order valence-electron chi connectivity index (χ1n) is 3.92. The zero-order valence-electron chi connectivity index (χ0n) is 7.47. The van der Waals surface area contributed by atoms with Crippen molar-refractivity contribution < 1.29 is 4.74 Å². The molecule has 1 aromatic carbocycles. The maximum absolute atomic E-state index is 8.83. The van der Waals surface area contributed by atoms with Gasteiger partial charge in [-0.25, -0.2) is 0 Å². The Labute approximate surface area is 86.3 Å².